The quantitative estimate of drug-likeness (QED) is 0.101. The third kappa shape index (κ3) is 13.2. The molecule has 4 rings (SSSR count). The fraction of sp³-hybridized carbons (Fsp3) is 0.450. The van der Waals surface area contributed by atoms with Crippen LogP contribution in [0.3, 0.4) is 0 Å². The van der Waals surface area contributed by atoms with Crippen LogP contribution in [0.1, 0.15) is 78.9 Å². The van der Waals surface area contributed by atoms with Gasteiger partial charge in [0, 0.05) is 35.8 Å². The third-order valence-electron chi connectivity index (χ3n) is 8.78. The Hall–Kier alpha value is -4.48. The Kier molecular flexibility index (Phi) is 17.6. The molecule has 0 heterocycles. The minimum absolute atomic E-state index is 0.0420. The van der Waals surface area contributed by atoms with E-state index < -0.39 is 37.0 Å². The summed E-state index contributed by atoms with van der Waals surface area (Å²) in [4.78, 5) is 26.3. The summed E-state index contributed by atoms with van der Waals surface area (Å²) < 4.78 is 5.61. The fourth-order valence-electron chi connectivity index (χ4n) is 5.72. The molecular formula is C40H52N2O10. The molecule has 1 amide bonds. The molecule has 0 unspecified atom stereocenters. The number of phenols is 1. The molecule has 12 heteroatoms. The van der Waals surface area contributed by atoms with Crippen molar-refractivity contribution in [2.45, 2.75) is 82.8 Å². The number of benzene rings is 3. The number of aliphatic hydroxyl groups excluding tert-OH is 5. The number of rotatable bonds is 16. The summed E-state index contributed by atoms with van der Waals surface area (Å²) in [5, 5.41) is 67.0. The summed E-state index contributed by atoms with van der Waals surface area (Å²) in [6.07, 6.45) is 1.35. The fourth-order valence-corrected chi connectivity index (χ4v) is 5.72. The lowest BCUT2D eigenvalue weighted by Crippen LogP contribution is -2.48. The van der Waals surface area contributed by atoms with Crippen molar-refractivity contribution in [2.75, 3.05) is 31.7 Å². The summed E-state index contributed by atoms with van der Waals surface area (Å²) >= 11 is 0. The van der Waals surface area contributed by atoms with Crippen LogP contribution in [0.5, 0.6) is 11.5 Å². The van der Waals surface area contributed by atoms with E-state index >= 15 is 0 Å². The summed E-state index contributed by atoms with van der Waals surface area (Å²) in [5.74, 6) is 6.14. The maximum Gasteiger partial charge on any atom is 0.339 e. The van der Waals surface area contributed by atoms with Crippen molar-refractivity contribution in [1.29, 1.82) is 0 Å². The molecule has 0 radical (unpaired) electrons. The summed E-state index contributed by atoms with van der Waals surface area (Å²) in [6, 6.07) is 19.7. The van der Waals surface area contributed by atoms with Gasteiger partial charge in [-0.25, -0.2) is 4.79 Å². The minimum atomic E-state index is -1.55. The Morgan fingerprint density at radius 3 is 2.04 bits per heavy atom. The number of hydrogen-bond donors (Lipinski definition) is 8. The average Bonchev–Trinajstić information content (AvgIpc) is 3.68. The molecule has 4 atom stereocenters. The van der Waals surface area contributed by atoms with Crippen LogP contribution in [0.25, 0.3) is 0 Å². The molecule has 0 aromatic heterocycles. The predicted octanol–water partition coefficient (Wildman–Crippen LogP) is 3.42. The first-order valence-corrected chi connectivity index (χ1v) is 17.7. The van der Waals surface area contributed by atoms with E-state index in [-0.39, 0.29) is 23.8 Å². The maximum atomic E-state index is 13.3. The second-order valence-corrected chi connectivity index (χ2v) is 12.9. The van der Waals surface area contributed by atoms with Gasteiger partial charge in [-0.2, -0.15) is 0 Å². The lowest BCUT2D eigenvalue weighted by molar-refractivity contribution is -0.119. The van der Waals surface area contributed by atoms with Gasteiger partial charge in [0.05, 0.1) is 25.9 Å². The van der Waals surface area contributed by atoms with Crippen molar-refractivity contribution < 1.29 is 50.1 Å². The van der Waals surface area contributed by atoms with E-state index in [0.29, 0.717) is 31.2 Å². The van der Waals surface area contributed by atoms with Crippen molar-refractivity contribution in [3.63, 3.8) is 0 Å². The molecule has 8 N–H and O–H groups in total. The number of aromatic hydroxyl groups is 1. The zero-order valence-corrected chi connectivity index (χ0v) is 29.8. The van der Waals surface area contributed by atoms with Crippen LogP contribution in [-0.4, -0.2) is 98.8 Å². The largest absolute Gasteiger partial charge is 0.507 e. The number of aliphatic hydroxyl groups is 5. The molecule has 1 fully saturated rings. The smallest absolute Gasteiger partial charge is 0.339 e. The normalized spacial score (nSPS) is 14.9. The van der Waals surface area contributed by atoms with Gasteiger partial charge in [-0.05, 0) is 79.9 Å². The second kappa shape index (κ2) is 21.8. The number of carbonyl (C=O) groups is 2. The van der Waals surface area contributed by atoms with Crippen molar-refractivity contribution in [3.8, 4) is 23.3 Å². The van der Waals surface area contributed by atoms with Gasteiger partial charge >= 0.3 is 5.97 Å². The highest BCUT2D eigenvalue weighted by atomic mass is 16.5. The number of nitrogens with zero attached hydrogens (tertiary/aromatic N) is 1. The number of hydrogen-bond acceptors (Lipinski definition) is 10. The zero-order chi connectivity index (χ0) is 38.0. The highest BCUT2D eigenvalue weighted by molar-refractivity contribution is 5.96. The topological polar surface area (TPSA) is 200 Å². The van der Waals surface area contributed by atoms with Crippen LogP contribution in [-0.2, 0) is 11.3 Å². The van der Waals surface area contributed by atoms with Crippen molar-refractivity contribution >= 4 is 17.6 Å². The number of carboxylic acid groups (broad SMARTS) is 1. The molecule has 52 heavy (non-hydrogen) atoms. The molecule has 0 saturated heterocycles. The monoisotopic (exact) mass is 720 g/mol. The van der Waals surface area contributed by atoms with E-state index in [1.165, 1.54) is 37.8 Å². The molecule has 1 saturated carbocycles. The van der Waals surface area contributed by atoms with Gasteiger partial charge in [0.1, 0.15) is 35.4 Å². The van der Waals surface area contributed by atoms with Crippen LogP contribution in [0.15, 0.2) is 66.7 Å². The van der Waals surface area contributed by atoms with E-state index in [2.05, 4.69) is 24.1 Å². The Labute approximate surface area is 305 Å². The molecule has 282 valence electrons. The number of carbonyl (C=O) groups excluding carboxylic acids is 1. The SMILES string of the molecule is CCCOc1ccc(C#Cc2ccc(CN(C(=O)CCC3CCCC3)c3ccc(C(=O)O)c(O)c3)cc2)cc1.CNC[C@H](O)[C@@H](O)[C@H](O)[C@H](O)CO. The van der Waals surface area contributed by atoms with Gasteiger partial charge in [-0.1, -0.05) is 56.6 Å². The van der Waals surface area contributed by atoms with Crippen LogP contribution in [0, 0.1) is 17.8 Å². The van der Waals surface area contributed by atoms with Gasteiger partial charge < -0.3 is 50.7 Å². The van der Waals surface area contributed by atoms with Gasteiger partial charge in [0.15, 0.2) is 0 Å². The minimum Gasteiger partial charge on any atom is -0.507 e. The Morgan fingerprint density at radius 1 is 0.904 bits per heavy atom. The van der Waals surface area contributed by atoms with Crippen molar-refractivity contribution in [3.05, 3.63) is 89.0 Å². The lowest BCUT2D eigenvalue weighted by atomic mass is 10.0. The zero-order valence-electron chi connectivity index (χ0n) is 29.8. The van der Waals surface area contributed by atoms with Gasteiger partial charge in [-0.3, -0.25) is 4.79 Å². The molecule has 0 aliphatic heterocycles. The summed E-state index contributed by atoms with van der Waals surface area (Å²) in [5.41, 5.74) is 2.94. The van der Waals surface area contributed by atoms with Crippen LogP contribution < -0.4 is 15.0 Å². The third-order valence-corrected chi connectivity index (χ3v) is 8.78. The van der Waals surface area contributed by atoms with E-state index in [0.717, 1.165) is 35.3 Å². The first-order chi connectivity index (χ1) is 25.0. The highest BCUT2D eigenvalue weighted by Gasteiger charge is 2.29. The molecule has 1 aliphatic carbocycles. The number of nitrogens with one attached hydrogen (secondary N) is 1. The number of amides is 1. The number of ether oxygens (including phenoxy) is 1. The maximum absolute atomic E-state index is 13.3. The van der Waals surface area contributed by atoms with Crippen LogP contribution in [0.4, 0.5) is 5.69 Å². The molecule has 1 aliphatic rings. The molecule has 0 spiro atoms. The van der Waals surface area contributed by atoms with Crippen LogP contribution >= 0.6 is 0 Å². The second-order valence-electron chi connectivity index (χ2n) is 12.9. The Balaban J connectivity index is 0.000000478. The van der Waals surface area contributed by atoms with Crippen molar-refractivity contribution in [2.24, 2.45) is 5.92 Å². The molecular weight excluding hydrogens is 668 g/mol. The van der Waals surface area contributed by atoms with Crippen molar-refractivity contribution in [1.82, 2.24) is 5.32 Å². The predicted molar refractivity (Wildman–Crippen MR) is 197 cm³/mol. The van der Waals surface area contributed by atoms with Gasteiger partial charge in [0.25, 0.3) is 0 Å². The molecule has 3 aromatic carbocycles. The van der Waals surface area contributed by atoms with Gasteiger partial charge in [-0.15, -0.1) is 0 Å². The first-order valence-electron chi connectivity index (χ1n) is 17.7. The first kappa shape index (κ1) is 41.9. The standard InChI is InChI=1S/C33H35NO5.C7H17NO5/c1-2-21-39-29-17-13-26(14-18-29)8-7-25-9-11-27(12-10-25)23-34(32(36)20-15-24-5-3-4-6-24)28-16-19-30(33(37)38)31(35)22-28;1-8-2-4(10)6(12)7(13)5(11)3-9/h9-14,16-19,22,24,35H,2-6,15,20-21,23H2,1H3,(H,37,38);4-13H,2-3H2,1H3/t;4-,5+,6+,7+/m.0/s1. The van der Waals surface area contributed by atoms with E-state index in [4.69, 9.17) is 25.2 Å². The van der Waals surface area contributed by atoms with Gasteiger partial charge in [0.2, 0.25) is 5.91 Å². The van der Waals surface area contributed by atoms with Crippen LogP contribution in [0.2, 0.25) is 0 Å². The lowest BCUT2D eigenvalue weighted by Gasteiger charge is -2.25. The number of anilines is 1. The number of carboxylic acids is 1. The molecule has 0 bridgehead atoms. The highest BCUT2D eigenvalue weighted by Crippen LogP contribution is 2.31. The number of aromatic carboxylic acids is 1. The number of likely N-dealkylation sites (N-methyl/N-ethyl adjacent to an activating group) is 1. The van der Waals surface area contributed by atoms with E-state index in [1.54, 1.807) is 18.0 Å². The Morgan fingerprint density at radius 2 is 1.50 bits per heavy atom. The Bertz CT molecular complexity index is 1600. The molecule has 3 aromatic rings. The summed E-state index contributed by atoms with van der Waals surface area (Å²) in [7, 11) is 1.57. The summed E-state index contributed by atoms with van der Waals surface area (Å²) in [6.45, 7) is 2.50. The molecule has 12 nitrogen and oxygen atoms in total. The van der Waals surface area contributed by atoms with E-state index in [1.807, 2.05) is 48.5 Å². The average molecular weight is 721 g/mol. The van der Waals surface area contributed by atoms with E-state index in [9.17, 15) is 24.9 Å².